The highest BCUT2D eigenvalue weighted by Crippen LogP contribution is 2.57. The minimum atomic E-state index is -1.70. The second kappa shape index (κ2) is 6.41. The lowest BCUT2D eigenvalue weighted by atomic mass is 9.76. The molecule has 0 N–H and O–H groups in total. The van der Waals surface area contributed by atoms with Crippen molar-refractivity contribution in [2.45, 2.75) is 31.3 Å². The topological polar surface area (TPSA) is 118 Å². The van der Waals surface area contributed by atoms with Gasteiger partial charge in [0.1, 0.15) is 0 Å². The molecule has 0 aromatic heterocycles. The van der Waals surface area contributed by atoms with Crippen LogP contribution in [0.15, 0.2) is 42.5 Å². The number of nitro benzene ring substituents is 1. The van der Waals surface area contributed by atoms with Crippen LogP contribution in [0.5, 0.6) is 0 Å². The number of Topliss-reactive ketones (excluding diaryl/α,β-unsaturated/α-hetero) is 2. The Labute approximate surface area is 188 Å². The number of fused-ring (bicyclic) bond motifs is 6. The van der Waals surface area contributed by atoms with Crippen LogP contribution in [-0.4, -0.2) is 51.3 Å². The van der Waals surface area contributed by atoms with Crippen molar-refractivity contribution in [3.05, 3.63) is 69.3 Å². The summed E-state index contributed by atoms with van der Waals surface area (Å²) in [4.78, 5) is 68.5. The molecule has 1 aliphatic carbocycles. The lowest BCUT2D eigenvalue weighted by Crippen LogP contribution is -2.59. The highest BCUT2D eigenvalue weighted by atomic mass is 16.6. The molecule has 1 spiro atoms. The van der Waals surface area contributed by atoms with Crippen molar-refractivity contribution in [3.8, 4) is 0 Å². The zero-order valence-electron chi connectivity index (χ0n) is 17.7. The van der Waals surface area contributed by atoms with Crippen LogP contribution in [0.2, 0.25) is 0 Å². The molecule has 4 aliphatic rings. The lowest BCUT2D eigenvalue weighted by Gasteiger charge is -2.35. The largest absolute Gasteiger partial charge is 0.291 e. The maximum absolute atomic E-state index is 13.8. The van der Waals surface area contributed by atoms with E-state index >= 15 is 0 Å². The summed E-state index contributed by atoms with van der Waals surface area (Å²) in [5.41, 5.74) is -0.620. The fourth-order valence-electron chi connectivity index (χ4n) is 6.48. The van der Waals surface area contributed by atoms with E-state index in [2.05, 4.69) is 0 Å². The van der Waals surface area contributed by atoms with Gasteiger partial charge >= 0.3 is 0 Å². The van der Waals surface area contributed by atoms with Gasteiger partial charge in [0.2, 0.25) is 11.8 Å². The average molecular weight is 445 g/mol. The zero-order chi connectivity index (χ0) is 23.2. The van der Waals surface area contributed by atoms with E-state index < -0.39 is 45.7 Å². The smallest absolute Gasteiger partial charge is 0.269 e. The number of nitrogens with zero attached hydrogens (tertiary/aromatic N) is 3. The molecule has 3 heterocycles. The number of aryl methyl sites for hydroxylation is 1. The predicted molar refractivity (Wildman–Crippen MR) is 115 cm³/mol. The van der Waals surface area contributed by atoms with Crippen molar-refractivity contribution in [3.63, 3.8) is 0 Å². The van der Waals surface area contributed by atoms with Crippen molar-refractivity contribution in [1.82, 2.24) is 4.90 Å². The number of carbonyl (C=O) groups excluding carboxylic acids is 4. The number of amides is 2. The molecular formula is C24H19N3O6. The number of anilines is 1. The van der Waals surface area contributed by atoms with Crippen LogP contribution < -0.4 is 4.90 Å². The Balaban J connectivity index is 1.51. The minimum absolute atomic E-state index is 0.148. The SMILES string of the molecule is Cc1cc([N+](=O)[O-])ccc1N1C(=O)[C@H]2[C@H]3CCCN3C3(C(=O)c4ccccc4C3=O)[C@@H]2C1=O. The molecule has 3 fully saturated rings. The molecule has 3 atom stereocenters. The third-order valence-electron chi connectivity index (χ3n) is 7.71. The summed E-state index contributed by atoms with van der Waals surface area (Å²) < 4.78 is 0. The molecule has 0 saturated carbocycles. The van der Waals surface area contributed by atoms with Crippen molar-refractivity contribution in [1.29, 1.82) is 0 Å². The van der Waals surface area contributed by atoms with Gasteiger partial charge < -0.3 is 0 Å². The van der Waals surface area contributed by atoms with E-state index in [-0.39, 0.29) is 17.4 Å². The van der Waals surface area contributed by atoms with E-state index in [1.54, 1.807) is 31.2 Å². The van der Waals surface area contributed by atoms with Crippen LogP contribution in [-0.2, 0) is 9.59 Å². The van der Waals surface area contributed by atoms with Crippen molar-refractivity contribution >= 4 is 34.8 Å². The van der Waals surface area contributed by atoms with Crippen LogP contribution in [0.25, 0.3) is 0 Å². The Morgan fingerprint density at radius 1 is 1.00 bits per heavy atom. The molecule has 3 aliphatic heterocycles. The molecule has 0 radical (unpaired) electrons. The third-order valence-corrected chi connectivity index (χ3v) is 7.71. The Morgan fingerprint density at radius 3 is 2.27 bits per heavy atom. The number of non-ortho nitro benzene ring substituents is 1. The first-order chi connectivity index (χ1) is 15.8. The van der Waals surface area contributed by atoms with Gasteiger partial charge in [-0.25, -0.2) is 4.90 Å². The van der Waals surface area contributed by atoms with Gasteiger partial charge in [-0.3, -0.25) is 34.2 Å². The van der Waals surface area contributed by atoms with Crippen LogP contribution >= 0.6 is 0 Å². The van der Waals surface area contributed by atoms with Crippen molar-refractivity contribution in [2.24, 2.45) is 11.8 Å². The first-order valence-electron chi connectivity index (χ1n) is 10.9. The van der Waals surface area contributed by atoms with E-state index in [1.807, 2.05) is 4.90 Å². The number of hydrogen-bond donors (Lipinski definition) is 0. The number of nitro groups is 1. The first-order valence-corrected chi connectivity index (χ1v) is 10.9. The summed E-state index contributed by atoms with van der Waals surface area (Å²) in [6.45, 7) is 2.07. The summed E-state index contributed by atoms with van der Waals surface area (Å²) in [7, 11) is 0. The van der Waals surface area contributed by atoms with E-state index in [1.165, 1.54) is 18.2 Å². The average Bonchev–Trinajstić information content (AvgIpc) is 3.49. The number of carbonyl (C=O) groups is 4. The fourth-order valence-corrected chi connectivity index (χ4v) is 6.48. The van der Waals surface area contributed by atoms with Crippen molar-refractivity contribution < 1.29 is 24.1 Å². The van der Waals surface area contributed by atoms with Crippen LogP contribution in [0.1, 0.15) is 39.1 Å². The van der Waals surface area contributed by atoms with Crippen LogP contribution in [0.3, 0.4) is 0 Å². The highest BCUT2D eigenvalue weighted by molar-refractivity contribution is 6.37. The summed E-state index contributed by atoms with van der Waals surface area (Å²) in [6.07, 6.45) is 1.34. The van der Waals surface area contributed by atoms with E-state index in [0.717, 1.165) is 11.3 Å². The number of imide groups is 1. The maximum atomic E-state index is 13.8. The Bertz CT molecular complexity index is 1280. The molecule has 33 heavy (non-hydrogen) atoms. The molecule has 2 amide bonds. The molecule has 6 rings (SSSR count). The Hall–Kier alpha value is -3.72. The quantitative estimate of drug-likeness (QED) is 0.301. The van der Waals surface area contributed by atoms with Gasteiger partial charge in [-0.1, -0.05) is 24.3 Å². The van der Waals surface area contributed by atoms with E-state index in [9.17, 15) is 29.3 Å². The standard InChI is InChI=1S/C24H19N3O6/c1-12-11-13(27(32)33)8-9-16(12)26-22(30)18-17-7-4-10-25(17)24(19(18)23(26)31)20(28)14-5-2-3-6-15(14)21(24)29/h2-3,5-6,8-9,11,17-19H,4,7,10H2,1H3/t17-,18+,19+/m1/s1. The maximum Gasteiger partial charge on any atom is 0.269 e. The second-order valence-electron chi connectivity index (χ2n) is 9.12. The van der Waals surface area contributed by atoms with E-state index in [0.29, 0.717) is 29.7 Å². The normalized spacial score (nSPS) is 27.4. The fraction of sp³-hybridized carbons (Fsp3) is 0.333. The number of benzene rings is 2. The molecule has 0 bridgehead atoms. The van der Waals surface area contributed by atoms with Gasteiger partial charge in [-0.05, 0) is 37.9 Å². The monoisotopic (exact) mass is 445 g/mol. The molecule has 0 unspecified atom stereocenters. The molecule has 2 aromatic rings. The summed E-state index contributed by atoms with van der Waals surface area (Å²) >= 11 is 0. The number of ketones is 2. The summed E-state index contributed by atoms with van der Waals surface area (Å²) in [5.74, 6) is -3.79. The number of rotatable bonds is 2. The van der Waals surface area contributed by atoms with Gasteiger partial charge in [-0.15, -0.1) is 0 Å². The highest BCUT2D eigenvalue weighted by Gasteiger charge is 2.76. The van der Waals surface area contributed by atoms with Gasteiger partial charge in [0.15, 0.2) is 17.1 Å². The van der Waals surface area contributed by atoms with Gasteiger partial charge in [0.25, 0.3) is 5.69 Å². The molecule has 3 saturated heterocycles. The first kappa shape index (κ1) is 19.9. The van der Waals surface area contributed by atoms with Crippen LogP contribution in [0.4, 0.5) is 11.4 Å². The Morgan fingerprint density at radius 2 is 1.67 bits per heavy atom. The minimum Gasteiger partial charge on any atom is -0.291 e. The van der Waals surface area contributed by atoms with Gasteiger partial charge in [-0.2, -0.15) is 0 Å². The summed E-state index contributed by atoms with van der Waals surface area (Å²) in [6, 6.07) is 10.1. The van der Waals surface area contributed by atoms with Gasteiger partial charge in [0, 0.05) is 29.3 Å². The van der Waals surface area contributed by atoms with E-state index in [4.69, 9.17) is 0 Å². The van der Waals surface area contributed by atoms with Gasteiger partial charge in [0.05, 0.1) is 22.4 Å². The molecule has 9 heteroatoms. The lowest BCUT2D eigenvalue weighted by molar-refractivity contribution is -0.384. The summed E-state index contributed by atoms with van der Waals surface area (Å²) in [5, 5.41) is 11.1. The Kier molecular flexibility index (Phi) is 3.87. The molecule has 166 valence electrons. The second-order valence-corrected chi connectivity index (χ2v) is 9.12. The molecule has 2 aromatic carbocycles. The predicted octanol–water partition coefficient (Wildman–Crippen LogP) is 2.30. The van der Waals surface area contributed by atoms with Crippen LogP contribution in [0, 0.1) is 28.9 Å². The zero-order valence-corrected chi connectivity index (χ0v) is 17.7. The van der Waals surface area contributed by atoms with Crippen molar-refractivity contribution in [2.75, 3.05) is 11.4 Å². The molecular weight excluding hydrogens is 426 g/mol. The third kappa shape index (κ3) is 2.20. The molecule has 9 nitrogen and oxygen atoms in total. The number of hydrogen-bond acceptors (Lipinski definition) is 7.